The van der Waals surface area contributed by atoms with Crippen LogP contribution in [0.5, 0.6) is 0 Å². The molecule has 0 bridgehead atoms. The number of carbonyl (C=O) groups is 1. The number of rotatable bonds is 4. The van der Waals surface area contributed by atoms with Crippen LogP contribution < -0.4 is 5.56 Å². The summed E-state index contributed by atoms with van der Waals surface area (Å²) < 4.78 is 7.01. The van der Waals surface area contributed by atoms with Crippen LogP contribution in [0.15, 0.2) is 47.5 Å². The highest BCUT2D eigenvalue weighted by atomic mass is 32.1. The van der Waals surface area contributed by atoms with Crippen molar-refractivity contribution in [1.82, 2.24) is 9.55 Å². The van der Waals surface area contributed by atoms with Gasteiger partial charge in [0.2, 0.25) is 0 Å². The molecule has 1 fully saturated rings. The van der Waals surface area contributed by atoms with Gasteiger partial charge in [0.25, 0.3) is 5.56 Å². The number of carbonyl (C=O) groups excluding carboxylic acids is 1. The standard InChI is InChI=1S/C21H22N2O3S/c1-14(21(25)26-16-10-6-3-7-11-16)23-13-22-19-17(20(23)24)12-18(27-19)15-8-4-2-5-9-15/h2,4-5,8-9,12-14,16H,3,6-7,10-11H2,1H3/t14-/m1/s1. The van der Waals surface area contributed by atoms with Crippen LogP contribution in [0.2, 0.25) is 0 Å². The summed E-state index contributed by atoms with van der Waals surface area (Å²) in [5.74, 6) is -0.358. The molecular formula is C21H22N2O3S. The molecule has 1 aliphatic carbocycles. The highest BCUT2D eigenvalue weighted by Gasteiger charge is 2.24. The molecule has 5 nitrogen and oxygen atoms in total. The van der Waals surface area contributed by atoms with Crippen LogP contribution in [0.3, 0.4) is 0 Å². The number of thiophene rings is 1. The lowest BCUT2D eigenvalue weighted by Gasteiger charge is -2.24. The number of fused-ring (bicyclic) bond motifs is 1. The van der Waals surface area contributed by atoms with E-state index in [1.807, 2.05) is 36.4 Å². The van der Waals surface area contributed by atoms with Crippen LogP contribution >= 0.6 is 11.3 Å². The van der Waals surface area contributed by atoms with Crippen molar-refractivity contribution in [2.24, 2.45) is 0 Å². The topological polar surface area (TPSA) is 61.2 Å². The average Bonchev–Trinajstić information content (AvgIpc) is 3.14. The molecule has 1 aliphatic rings. The summed E-state index contributed by atoms with van der Waals surface area (Å²) in [6.07, 6.45) is 6.65. The summed E-state index contributed by atoms with van der Waals surface area (Å²) >= 11 is 1.48. The largest absolute Gasteiger partial charge is 0.461 e. The van der Waals surface area contributed by atoms with Crippen LogP contribution in [-0.4, -0.2) is 21.6 Å². The summed E-state index contributed by atoms with van der Waals surface area (Å²) in [4.78, 5) is 31.5. The fraction of sp³-hybridized carbons (Fsp3) is 0.381. The second kappa shape index (κ2) is 7.64. The lowest BCUT2D eigenvalue weighted by atomic mass is 9.98. The molecular weight excluding hydrogens is 360 g/mol. The molecule has 27 heavy (non-hydrogen) atoms. The maximum Gasteiger partial charge on any atom is 0.329 e. The number of hydrogen-bond donors (Lipinski definition) is 0. The SMILES string of the molecule is C[C@H](C(=O)OC1CCCCC1)n1cnc2sc(-c3ccccc3)cc2c1=O. The van der Waals surface area contributed by atoms with Gasteiger partial charge in [-0.05, 0) is 44.2 Å². The second-order valence-corrected chi connectivity index (χ2v) is 8.06. The fourth-order valence-electron chi connectivity index (χ4n) is 3.52. The first-order valence-corrected chi connectivity index (χ1v) is 10.2. The molecule has 6 heteroatoms. The van der Waals surface area contributed by atoms with Gasteiger partial charge >= 0.3 is 5.97 Å². The van der Waals surface area contributed by atoms with Crippen molar-refractivity contribution in [3.05, 3.63) is 53.1 Å². The van der Waals surface area contributed by atoms with E-state index in [4.69, 9.17) is 4.74 Å². The van der Waals surface area contributed by atoms with Gasteiger partial charge in [0, 0.05) is 4.88 Å². The lowest BCUT2D eigenvalue weighted by molar-refractivity contribution is -0.154. The first kappa shape index (κ1) is 17.9. The molecule has 2 aromatic heterocycles. The van der Waals surface area contributed by atoms with Gasteiger partial charge in [-0.3, -0.25) is 9.36 Å². The number of benzene rings is 1. The van der Waals surface area contributed by atoms with E-state index >= 15 is 0 Å². The van der Waals surface area contributed by atoms with E-state index in [1.54, 1.807) is 6.92 Å². The van der Waals surface area contributed by atoms with Gasteiger partial charge in [-0.1, -0.05) is 36.8 Å². The Bertz CT molecular complexity index is 1000. The summed E-state index contributed by atoms with van der Waals surface area (Å²) in [6.45, 7) is 1.70. The van der Waals surface area contributed by atoms with Gasteiger partial charge in [-0.25, -0.2) is 9.78 Å². The summed E-state index contributed by atoms with van der Waals surface area (Å²) in [6, 6.07) is 11.1. The fourth-order valence-corrected chi connectivity index (χ4v) is 4.51. The Morgan fingerprint density at radius 3 is 2.70 bits per heavy atom. The van der Waals surface area contributed by atoms with E-state index in [9.17, 15) is 9.59 Å². The minimum atomic E-state index is -0.684. The molecule has 1 atom stereocenters. The molecule has 2 heterocycles. The van der Waals surface area contributed by atoms with Crippen molar-refractivity contribution in [3.63, 3.8) is 0 Å². The van der Waals surface area contributed by atoms with Crippen LogP contribution in [0.25, 0.3) is 20.7 Å². The van der Waals surface area contributed by atoms with Gasteiger partial charge in [0.15, 0.2) is 0 Å². The quantitative estimate of drug-likeness (QED) is 0.621. The van der Waals surface area contributed by atoms with Crippen molar-refractivity contribution in [2.45, 2.75) is 51.2 Å². The average molecular weight is 382 g/mol. The first-order valence-electron chi connectivity index (χ1n) is 9.40. The van der Waals surface area contributed by atoms with Crippen molar-refractivity contribution in [3.8, 4) is 10.4 Å². The summed E-state index contributed by atoms with van der Waals surface area (Å²) in [7, 11) is 0. The maximum atomic E-state index is 12.9. The Morgan fingerprint density at radius 2 is 1.96 bits per heavy atom. The summed E-state index contributed by atoms with van der Waals surface area (Å²) in [5.41, 5.74) is 0.850. The number of ether oxygens (including phenoxy) is 1. The number of nitrogens with zero attached hydrogens (tertiary/aromatic N) is 2. The van der Waals surface area contributed by atoms with Gasteiger partial charge < -0.3 is 4.74 Å². The minimum absolute atomic E-state index is 0.0214. The third-order valence-electron chi connectivity index (χ3n) is 5.13. The number of aromatic nitrogens is 2. The Kier molecular flexibility index (Phi) is 5.07. The van der Waals surface area contributed by atoms with Crippen molar-refractivity contribution in [1.29, 1.82) is 0 Å². The van der Waals surface area contributed by atoms with Crippen molar-refractivity contribution in [2.75, 3.05) is 0 Å². The molecule has 0 N–H and O–H groups in total. The molecule has 0 amide bonds. The molecule has 0 radical (unpaired) electrons. The maximum absolute atomic E-state index is 12.9. The molecule has 0 saturated heterocycles. The van der Waals surface area contributed by atoms with E-state index in [2.05, 4.69) is 4.98 Å². The van der Waals surface area contributed by atoms with Crippen LogP contribution in [0.1, 0.15) is 45.1 Å². The molecule has 1 aromatic carbocycles. The minimum Gasteiger partial charge on any atom is -0.461 e. The molecule has 0 unspecified atom stereocenters. The Morgan fingerprint density at radius 1 is 1.22 bits per heavy atom. The van der Waals surface area contributed by atoms with Gasteiger partial charge in [0.1, 0.15) is 17.0 Å². The second-order valence-electron chi connectivity index (χ2n) is 7.03. The van der Waals surface area contributed by atoms with Gasteiger partial charge in [0.05, 0.1) is 11.7 Å². The van der Waals surface area contributed by atoms with E-state index in [-0.39, 0.29) is 17.6 Å². The smallest absolute Gasteiger partial charge is 0.329 e. The van der Waals surface area contributed by atoms with Crippen LogP contribution in [0, 0.1) is 0 Å². The highest BCUT2D eigenvalue weighted by molar-refractivity contribution is 7.21. The Hall–Kier alpha value is -2.47. The van der Waals surface area contributed by atoms with Crippen molar-refractivity contribution < 1.29 is 9.53 Å². The monoisotopic (exact) mass is 382 g/mol. The van der Waals surface area contributed by atoms with Crippen LogP contribution in [-0.2, 0) is 9.53 Å². The van der Waals surface area contributed by atoms with Crippen molar-refractivity contribution >= 4 is 27.5 Å². The molecule has 4 rings (SSSR count). The van der Waals surface area contributed by atoms with E-state index in [0.717, 1.165) is 36.1 Å². The molecule has 140 valence electrons. The number of esters is 1. The van der Waals surface area contributed by atoms with Gasteiger partial charge in [-0.2, -0.15) is 0 Å². The Balaban J connectivity index is 1.61. The Labute approximate surface area is 161 Å². The van der Waals surface area contributed by atoms with E-state index < -0.39 is 6.04 Å². The highest BCUT2D eigenvalue weighted by Crippen LogP contribution is 2.31. The number of hydrogen-bond acceptors (Lipinski definition) is 5. The predicted molar refractivity (Wildman–Crippen MR) is 107 cm³/mol. The third-order valence-corrected chi connectivity index (χ3v) is 6.22. The molecule has 3 aromatic rings. The zero-order valence-corrected chi connectivity index (χ0v) is 16.1. The molecule has 0 spiro atoms. The predicted octanol–water partition coefficient (Wildman–Crippen LogP) is 4.56. The normalized spacial score (nSPS) is 16.3. The summed E-state index contributed by atoms with van der Waals surface area (Å²) in [5, 5.41) is 0.540. The lowest BCUT2D eigenvalue weighted by Crippen LogP contribution is -2.32. The molecule has 0 aliphatic heterocycles. The zero-order chi connectivity index (χ0) is 18.8. The third kappa shape index (κ3) is 3.67. The van der Waals surface area contributed by atoms with Gasteiger partial charge in [-0.15, -0.1) is 11.3 Å². The van der Waals surface area contributed by atoms with Crippen LogP contribution in [0.4, 0.5) is 0 Å². The van der Waals surface area contributed by atoms with E-state index in [1.165, 1.54) is 28.7 Å². The zero-order valence-electron chi connectivity index (χ0n) is 15.3. The first-order chi connectivity index (χ1) is 13.1. The molecule has 1 saturated carbocycles. The van der Waals surface area contributed by atoms with E-state index in [0.29, 0.717) is 10.2 Å².